The minimum Gasteiger partial charge on any atom is -0.507 e. The van der Waals surface area contributed by atoms with Gasteiger partial charge in [0.25, 0.3) is 0 Å². The van der Waals surface area contributed by atoms with Crippen molar-refractivity contribution in [2.24, 2.45) is 10.7 Å². The molecule has 0 aliphatic rings. The molecular formula is C14H19N3O. The van der Waals surface area contributed by atoms with E-state index in [1.807, 2.05) is 26.8 Å². The van der Waals surface area contributed by atoms with Crippen molar-refractivity contribution in [2.75, 3.05) is 0 Å². The van der Waals surface area contributed by atoms with E-state index in [0.29, 0.717) is 5.56 Å². The van der Waals surface area contributed by atoms with Gasteiger partial charge < -0.3 is 10.8 Å². The van der Waals surface area contributed by atoms with Crippen molar-refractivity contribution in [3.63, 3.8) is 0 Å². The van der Waals surface area contributed by atoms with Gasteiger partial charge in [0.1, 0.15) is 17.4 Å². The number of hydrogen-bond donors (Lipinski definition) is 3. The van der Waals surface area contributed by atoms with E-state index in [4.69, 9.17) is 11.1 Å². The predicted molar refractivity (Wildman–Crippen MR) is 75.5 cm³/mol. The van der Waals surface area contributed by atoms with Gasteiger partial charge in [0.2, 0.25) is 0 Å². The van der Waals surface area contributed by atoms with Crippen molar-refractivity contribution in [3.05, 3.63) is 40.5 Å². The predicted octanol–water partition coefficient (Wildman–Crippen LogP) is 2.66. The fraction of sp³-hybridized carbons (Fsp3) is 0.286. The van der Waals surface area contributed by atoms with Crippen LogP contribution in [0.1, 0.15) is 30.5 Å². The second kappa shape index (κ2) is 5.49. The molecule has 0 radical (unpaired) electrons. The van der Waals surface area contributed by atoms with Crippen LogP contribution >= 0.6 is 0 Å². The Balaban J connectivity index is 3.23. The average molecular weight is 245 g/mol. The van der Waals surface area contributed by atoms with E-state index in [9.17, 15) is 5.11 Å². The van der Waals surface area contributed by atoms with Crippen LogP contribution in [-0.4, -0.2) is 16.8 Å². The maximum atomic E-state index is 9.96. The molecule has 0 saturated heterocycles. The van der Waals surface area contributed by atoms with Crippen LogP contribution in [0, 0.1) is 19.3 Å². The fourth-order valence-corrected chi connectivity index (χ4v) is 1.56. The highest BCUT2D eigenvalue weighted by Crippen LogP contribution is 2.23. The molecule has 0 atom stereocenters. The summed E-state index contributed by atoms with van der Waals surface area (Å²) in [6.07, 6.45) is 1.79. The Morgan fingerprint density at radius 2 is 2.00 bits per heavy atom. The second-order valence-corrected chi connectivity index (χ2v) is 4.30. The van der Waals surface area contributed by atoms with Gasteiger partial charge in [-0.25, -0.2) is 4.99 Å². The van der Waals surface area contributed by atoms with Gasteiger partial charge in [-0.05, 0) is 50.5 Å². The summed E-state index contributed by atoms with van der Waals surface area (Å²) >= 11 is 0. The van der Waals surface area contributed by atoms with Crippen LogP contribution in [0.5, 0.6) is 5.75 Å². The molecule has 96 valence electrons. The third-order valence-corrected chi connectivity index (χ3v) is 2.76. The minimum absolute atomic E-state index is 0.105. The van der Waals surface area contributed by atoms with Crippen LogP contribution in [0.3, 0.4) is 0 Å². The van der Waals surface area contributed by atoms with Crippen LogP contribution in [0.25, 0.3) is 0 Å². The van der Waals surface area contributed by atoms with Crippen LogP contribution in [-0.2, 0) is 0 Å². The Hall–Kier alpha value is -2.10. The normalized spacial score (nSPS) is 12.7. The molecule has 1 rings (SSSR count). The summed E-state index contributed by atoms with van der Waals surface area (Å²) in [5.74, 6) is 0.381. The van der Waals surface area contributed by atoms with Gasteiger partial charge in [-0.15, -0.1) is 0 Å². The molecule has 0 amide bonds. The standard InChI is InChI=1S/C14H19N3O/c1-5-9(3)13(15)17-14(16)11-7-8(2)6-10(4)12(11)18/h5-7,18H,1-4H3,(H3,15,16,17)/b9-5+. The number of rotatable bonds is 2. The van der Waals surface area contributed by atoms with E-state index >= 15 is 0 Å². The van der Waals surface area contributed by atoms with Crippen LogP contribution < -0.4 is 5.73 Å². The van der Waals surface area contributed by atoms with Crippen molar-refractivity contribution in [1.82, 2.24) is 0 Å². The van der Waals surface area contributed by atoms with Gasteiger partial charge in [-0.3, -0.25) is 5.41 Å². The summed E-state index contributed by atoms with van der Waals surface area (Å²) in [5.41, 5.74) is 8.80. The first-order valence-electron chi connectivity index (χ1n) is 5.73. The van der Waals surface area contributed by atoms with E-state index in [1.54, 1.807) is 19.1 Å². The van der Waals surface area contributed by atoms with E-state index < -0.39 is 0 Å². The lowest BCUT2D eigenvalue weighted by Gasteiger charge is -2.09. The largest absolute Gasteiger partial charge is 0.507 e. The molecule has 0 spiro atoms. The van der Waals surface area contributed by atoms with E-state index in [-0.39, 0.29) is 17.4 Å². The molecule has 1 aromatic rings. The Kier molecular flexibility index (Phi) is 4.26. The molecule has 0 aromatic heterocycles. The highest BCUT2D eigenvalue weighted by Gasteiger charge is 2.10. The summed E-state index contributed by atoms with van der Waals surface area (Å²) in [6.45, 7) is 7.36. The van der Waals surface area contributed by atoms with E-state index in [1.165, 1.54) is 0 Å². The summed E-state index contributed by atoms with van der Waals surface area (Å²) in [7, 11) is 0. The average Bonchev–Trinajstić information content (AvgIpc) is 2.32. The molecule has 4 heteroatoms. The number of allylic oxidation sites excluding steroid dienone is 1. The number of amidine groups is 2. The number of phenols is 1. The van der Waals surface area contributed by atoms with Crippen LogP contribution in [0.4, 0.5) is 0 Å². The molecule has 0 unspecified atom stereocenters. The molecule has 0 fully saturated rings. The Morgan fingerprint density at radius 1 is 1.39 bits per heavy atom. The highest BCUT2D eigenvalue weighted by molar-refractivity contribution is 6.10. The maximum Gasteiger partial charge on any atom is 0.149 e. The van der Waals surface area contributed by atoms with Gasteiger partial charge in [0, 0.05) is 0 Å². The maximum absolute atomic E-state index is 9.96. The summed E-state index contributed by atoms with van der Waals surface area (Å²) in [5, 5.41) is 17.7. The zero-order valence-electron chi connectivity index (χ0n) is 11.2. The zero-order chi connectivity index (χ0) is 13.9. The topological polar surface area (TPSA) is 82.5 Å². The summed E-state index contributed by atoms with van der Waals surface area (Å²) in [6, 6.07) is 3.63. The van der Waals surface area contributed by atoms with Crippen molar-refractivity contribution < 1.29 is 5.11 Å². The van der Waals surface area contributed by atoms with Crippen molar-refractivity contribution in [2.45, 2.75) is 27.7 Å². The first kappa shape index (κ1) is 14.0. The lowest BCUT2D eigenvalue weighted by atomic mass is 10.0. The fourth-order valence-electron chi connectivity index (χ4n) is 1.56. The SMILES string of the molecule is C/C=C(\C)C(=N)N=C(N)c1cc(C)cc(C)c1O. The van der Waals surface area contributed by atoms with Gasteiger partial charge in [-0.1, -0.05) is 12.1 Å². The monoisotopic (exact) mass is 245 g/mol. The number of aliphatic imine (C=N–C) groups is 1. The van der Waals surface area contributed by atoms with E-state index in [0.717, 1.165) is 16.7 Å². The molecule has 0 bridgehead atoms. The minimum atomic E-state index is 0.105. The van der Waals surface area contributed by atoms with Crippen LogP contribution in [0.2, 0.25) is 0 Å². The lowest BCUT2D eigenvalue weighted by molar-refractivity contribution is 0.469. The Labute approximate surface area is 107 Å². The lowest BCUT2D eigenvalue weighted by Crippen LogP contribution is -2.16. The molecule has 18 heavy (non-hydrogen) atoms. The number of hydrogen-bond acceptors (Lipinski definition) is 2. The van der Waals surface area contributed by atoms with E-state index in [2.05, 4.69) is 4.99 Å². The van der Waals surface area contributed by atoms with Crippen molar-refractivity contribution >= 4 is 11.7 Å². The smallest absolute Gasteiger partial charge is 0.149 e. The van der Waals surface area contributed by atoms with Crippen molar-refractivity contribution in [3.8, 4) is 5.75 Å². The van der Waals surface area contributed by atoms with Gasteiger partial charge in [-0.2, -0.15) is 0 Å². The quantitative estimate of drug-likeness (QED) is 0.553. The number of phenolic OH excluding ortho intramolecular Hbond substituents is 1. The number of aromatic hydroxyl groups is 1. The molecule has 0 saturated carbocycles. The summed E-state index contributed by atoms with van der Waals surface area (Å²) < 4.78 is 0. The molecule has 1 aromatic carbocycles. The molecule has 4 N–H and O–H groups in total. The molecule has 0 aliphatic heterocycles. The van der Waals surface area contributed by atoms with Gasteiger partial charge >= 0.3 is 0 Å². The Bertz CT molecular complexity index is 542. The molecular weight excluding hydrogens is 226 g/mol. The highest BCUT2D eigenvalue weighted by atomic mass is 16.3. The number of nitrogens with zero attached hydrogens (tertiary/aromatic N) is 1. The first-order chi connectivity index (χ1) is 8.36. The van der Waals surface area contributed by atoms with Gasteiger partial charge in [0.15, 0.2) is 0 Å². The molecule has 0 heterocycles. The number of nitrogens with one attached hydrogen (secondary N) is 1. The number of aryl methyl sites for hydroxylation is 2. The number of nitrogens with two attached hydrogens (primary N) is 1. The Morgan fingerprint density at radius 3 is 2.56 bits per heavy atom. The summed E-state index contributed by atoms with van der Waals surface area (Å²) in [4.78, 5) is 4.01. The number of benzene rings is 1. The molecule has 0 aliphatic carbocycles. The molecule has 4 nitrogen and oxygen atoms in total. The van der Waals surface area contributed by atoms with Gasteiger partial charge in [0.05, 0.1) is 5.56 Å². The van der Waals surface area contributed by atoms with Crippen molar-refractivity contribution in [1.29, 1.82) is 5.41 Å². The zero-order valence-corrected chi connectivity index (χ0v) is 11.2. The third kappa shape index (κ3) is 2.97. The first-order valence-corrected chi connectivity index (χ1v) is 5.73. The third-order valence-electron chi connectivity index (χ3n) is 2.76. The van der Waals surface area contributed by atoms with Crippen LogP contribution in [0.15, 0.2) is 28.8 Å². The second-order valence-electron chi connectivity index (χ2n) is 4.30.